The Morgan fingerprint density at radius 3 is 3.20 bits per heavy atom. The zero-order valence-electron chi connectivity index (χ0n) is 11.5. The Balaban J connectivity index is 2.25. The van der Waals surface area contributed by atoms with Gasteiger partial charge in [0.15, 0.2) is 0 Å². The Kier molecular flexibility index (Phi) is 5.13. The molecule has 0 bridgehead atoms. The van der Waals surface area contributed by atoms with Crippen LogP contribution in [0, 0.1) is 0 Å². The molecule has 20 heavy (non-hydrogen) atoms. The number of likely N-dealkylation sites (N-methyl/N-ethyl adjacent to an activating group) is 1. The van der Waals surface area contributed by atoms with Gasteiger partial charge in [-0.15, -0.1) is 0 Å². The predicted octanol–water partition coefficient (Wildman–Crippen LogP) is 0.162. The van der Waals surface area contributed by atoms with Crippen molar-refractivity contribution in [3.63, 3.8) is 0 Å². The average molecular weight is 344 g/mol. The Labute approximate surface area is 126 Å². The van der Waals surface area contributed by atoms with Gasteiger partial charge in [-0.05, 0) is 22.9 Å². The van der Waals surface area contributed by atoms with Crippen LogP contribution in [0.5, 0.6) is 5.88 Å². The van der Waals surface area contributed by atoms with Gasteiger partial charge < -0.3 is 20.3 Å². The summed E-state index contributed by atoms with van der Waals surface area (Å²) in [7, 11) is 1.55. The lowest BCUT2D eigenvalue weighted by molar-refractivity contribution is -0.122. The Bertz CT molecular complexity index is 485. The molecule has 2 heterocycles. The lowest BCUT2D eigenvalue weighted by Gasteiger charge is -2.35. The molecule has 110 valence electrons. The first kappa shape index (κ1) is 15.0. The van der Waals surface area contributed by atoms with Gasteiger partial charge in [0, 0.05) is 26.2 Å². The summed E-state index contributed by atoms with van der Waals surface area (Å²) in [6.07, 6.45) is 1.64. The van der Waals surface area contributed by atoms with Crippen molar-refractivity contribution in [1.82, 2.24) is 20.6 Å². The molecule has 7 nitrogen and oxygen atoms in total. The van der Waals surface area contributed by atoms with E-state index in [9.17, 15) is 4.79 Å². The van der Waals surface area contributed by atoms with Crippen molar-refractivity contribution in [2.24, 2.45) is 0 Å². The van der Waals surface area contributed by atoms with Gasteiger partial charge in [0.05, 0.1) is 17.8 Å². The molecule has 0 saturated carbocycles. The van der Waals surface area contributed by atoms with E-state index in [0.717, 1.165) is 6.54 Å². The van der Waals surface area contributed by atoms with Crippen LogP contribution in [0.4, 0.5) is 5.95 Å². The number of piperazine rings is 1. The number of anilines is 1. The number of hydrogen-bond donors (Lipinski definition) is 2. The zero-order valence-corrected chi connectivity index (χ0v) is 13.1. The first-order valence-corrected chi connectivity index (χ1v) is 7.28. The van der Waals surface area contributed by atoms with Crippen LogP contribution in [0.3, 0.4) is 0 Å². The van der Waals surface area contributed by atoms with E-state index in [2.05, 4.69) is 36.5 Å². The van der Waals surface area contributed by atoms with E-state index in [1.807, 2.05) is 11.8 Å². The lowest BCUT2D eigenvalue weighted by atomic mass is 10.2. The molecular weight excluding hydrogens is 326 g/mol. The SMILES string of the molecule is CCNC(=O)C1CNCCN1c1ncc(Br)c(OC)n1. The Morgan fingerprint density at radius 2 is 2.50 bits per heavy atom. The molecule has 2 rings (SSSR count). The summed E-state index contributed by atoms with van der Waals surface area (Å²) in [5, 5.41) is 6.05. The van der Waals surface area contributed by atoms with E-state index in [-0.39, 0.29) is 11.9 Å². The molecule has 2 N–H and O–H groups in total. The minimum Gasteiger partial charge on any atom is -0.480 e. The maximum atomic E-state index is 12.1. The van der Waals surface area contributed by atoms with Gasteiger partial charge in [-0.2, -0.15) is 4.98 Å². The highest BCUT2D eigenvalue weighted by Crippen LogP contribution is 2.24. The van der Waals surface area contributed by atoms with E-state index < -0.39 is 0 Å². The summed E-state index contributed by atoms with van der Waals surface area (Å²) in [4.78, 5) is 22.6. The molecule has 1 fully saturated rings. The van der Waals surface area contributed by atoms with Gasteiger partial charge in [0.25, 0.3) is 0 Å². The third kappa shape index (κ3) is 3.18. The number of ether oxygens (including phenoxy) is 1. The molecule has 8 heteroatoms. The molecule has 0 aliphatic carbocycles. The molecule has 0 spiro atoms. The smallest absolute Gasteiger partial charge is 0.244 e. The van der Waals surface area contributed by atoms with Crippen LogP contribution < -0.4 is 20.3 Å². The summed E-state index contributed by atoms with van der Waals surface area (Å²) in [6.45, 7) is 4.54. The maximum absolute atomic E-state index is 12.1. The number of nitrogens with one attached hydrogen (secondary N) is 2. The summed E-state index contributed by atoms with van der Waals surface area (Å²) in [5.41, 5.74) is 0. The number of aromatic nitrogens is 2. The number of nitrogens with zero attached hydrogens (tertiary/aromatic N) is 3. The van der Waals surface area contributed by atoms with Gasteiger partial charge in [-0.25, -0.2) is 4.98 Å². The number of hydrogen-bond acceptors (Lipinski definition) is 6. The van der Waals surface area contributed by atoms with Crippen molar-refractivity contribution in [2.45, 2.75) is 13.0 Å². The van der Waals surface area contributed by atoms with Crippen LogP contribution in [0.25, 0.3) is 0 Å². The van der Waals surface area contributed by atoms with Gasteiger partial charge in [0.1, 0.15) is 6.04 Å². The van der Waals surface area contributed by atoms with Gasteiger partial charge in [-0.1, -0.05) is 0 Å². The molecule has 1 aromatic rings. The van der Waals surface area contributed by atoms with Crippen molar-refractivity contribution in [1.29, 1.82) is 0 Å². The van der Waals surface area contributed by atoms with Crippen LogP contribution in [-0.4, -0.2) is 55.2 Å². The second-order valence-electron chi connectivity index (χ2n) is 4.34. The van der Waals surface area contributed by atoms with Crippen molar-refractivity contribution < 1.29 is 9.53 Å². The summed E-state index contributed by atoms with van der Waals surface area (Å²) in [6, 6.07) is -0.311. The fourth-order valence-electron chi connectivity index (χ4n) is 2.09. The molecule has 1 atom stereocenters. The third-order valence-electron chi connectivity index (χ3n) is 3.05. The standard InChI is InChI=1S/C12H18BrN5O2/c1-3-15-10(19)9-7-14-4-5-18(9)12-16-6-8(13)11(17-12)20-2/h6,9,14H,3-5,7H2,1-2H3,(H,15,19). The van der Waals surface area contributed by atoms with E-state index in [1.54, 1.807) is 13.3 Å². The second kappa shape index (κ2) is 6.85. The van der Waals surface area contributed by atoms with Crippen LogP contribution >= 0.6 is 15.9 Å². The Hall–Kier alpha value is -1.41. The van der Waals surface area contributed by atoms with Crippen molar-refractivity contribution in [2.75, 3.05) is 38.2 Å². The first-order valence-electron chi connectivity index (χ1n) is 6.49. The third-order valence-corrected chi connectivity index (χ3v) is 3.59. The lowest BCUT2D eigenvalue weighted by Crippen LogP contribution is -2.58. The predicted molar refractivity (Wildman–Crippen MR) is 79.0 cm³/mol. The number of carbonyl (C=O) groups excluding carboxylic acids is 1. The van der Waals surface area contributed by atoms with Gasteiger partial charge >= 0.3 is 0 Å². The fraction of sp³-hybridized carbons (Fsp3) is 0.583. The summed E-state index contributed by atoms with van der Waals surface area (Å²) in [5.74, 6) is 0.941. The second-order valence-corrected chi connectivity index (χ2v) is 5.19. The van der Waals surface area contributed by atoms with Crippen LogP contribution in [0.15, 0.2) is 10.7 Å². The minimum absolute atomic E-state index is 0.0230. The molecule has 1 unspecified atom stereocenters. The number of amides is 1. The van der Waals surface area contributed by atoms with Crippen molar-refractivity contribution in [3.8, 4) is 5.88 Å². The maximum Gasteiger partial charge on any atom is 0.244 e. The molecule has 0 aromatic carbocycles. The van der Waals surface area contributed by atoms with Crippen LogP contribution in [0.2, 0.25) is 0 Å². The largest absolute Gasteiger partial charge is 0.480 e. The highest BCUT2D eigenvalue weighted by molar-refractivity contribution is 9.10. The summed E-state index contributed by atoms with van der Waals surface area (Å²) < 4.78 is 5.87. The van der Waals surface area contributed by atoms with Crippen LogP contribution in [-0.2, 0) is 4.79 Å². The average Bonchev–Trinajstić information content (AvgIpc) is 2.48. The molecule has 1 saturated heterocycles. The fourth-order valence-corrected chi connectivity index (χ4v) is 2.45. The van der Waals surface area contributed by atoms with Crippen LogP contribution in [0.1, 0.15) is 6.92 Å². The zero-order chi connectivity index (χ0) is 14.5. The normalized spacial score (nSPS) is 18.8. The topological polar surface area (TPSA) is 79.4 Å². The summed E-state index contributed by atoms with van der Waals surface area (Å²) >= 11 is 3.32. The molecule has 1 aliphatic rings. The number of halogens is 1. The van der Waals surface area contributed by atoms with E-state index in [0.29, 0.717) is 35.9 Å². The van der Waals surface area contributed by atoms with E-state index >= 15 is 0 Å². The minimum atomic E-state index is -0.311. The molecule has 0 radical (unpaired) electrons. The Morgan fingerprint density at radius 1 is 1.70 bits per heavy atom. The van der Waals surface area contributed by atoms with Gasteiger partial charge in [0.2, 0.25) is 17.7 Å². The monoisotopic (exact) mass is 343 g/mol. The molecular formula is C12H18BrN5O2. The first-order chi connectivity index (χ1) is 9.67. The highest BCUT2D eigenvalue weighted by atomic mass is 79.9. The quantitative estimate of drug-likeness (QED) is 0.810. The highest BCUT2D eigenvalue weighted by Gasteiger charge is 2.30. The number of methoxy groups -OCH3 is 1. The van der Waals surface area contributed by atoms with Crippen molar-refractivity contribution in [3.05, 3.63) is 10.7 Å². The van der Waals surface area contributed by atoms with Gasteiger partial charge in [-0.3, -0.25) is 4.79 Å². The van der Waals surface area contributed by atoms with E-state index in [1.165, 1.54) is 0 Å². The number of carbonyl (C=O) groups is 1. The molecule has 1 aromatic heterocycles. The molecule has 1 aliphatic heterocycles. The molecule has 1 amide bonds. The number of rotatable bonds is 4. The van der Waals surface area contributed by atoms with Crippen molar-refractivity contribution >= 4 is 27.8 Å². The van der Waals surface area contributed by atoms with E-state index in [4.69, 9.17) is 4.74 Å².